The van der Waals surface area contributed by atoms with Gasteiger partial charge in [-0.1, -0.05) is 0 Å². The van der Waals surface area contributed by atoms with Crippen LogP contribution >= 0.6 is 0 Å². The predicted octanol–water partition coefficient (Wildman–Crippen LogP) is 0.773. The first kappa shape index (κ1) is 7.03. The van der Waals surface area contributed by atoms with Gasteiger partial charge in [0.25, 0.3) is 0 Å². The van der Waals surface area contributed by atoms with E-state index in [9.17, 15) is 0 Å². The van der Waals surface area contributed by atoms with Gasteiger partial charge in [0.1, 0.15) is 0 Å². The summed E-state index contributed by atoms with van der Waals surface area (Å²) in [6, 6.07) is 0.606. The second-order valence-electron chi connectivity index (χ2n) is 2.60. The van der Waals surface area contributed by atoms with Crippen molar-refractivity contribution in [1.82, 2.24) is 5.32 Å². The monoisotopic (exact) mass is 129 g/mol. The first-order valence-corrected chi connectivity index (χ1v) is 3.58. The molecule has 2 heteroatoms. The van der Waals surface area contributed by atoms with Crippen LogP contribution in [0.15, 0.2) is 0 Å². The topological polar surface area (TPSA) is 21.3 Å². The summed E-state index contributed by atoms with van der Waals surface area (Å²) in [6.07, 6.45) is 4.27. The van der Waals surface area contributed by atoms with E-state index < -0.39 is 0 Å². The summed E-state index contributed by atoms with van der Waals surface area (Å²) in [5.41, 5.74) is 0. The average Bonchev–Trinajstić information content (AvgIpc) is 2.33. The van der Waals surface area contributed by atoms with E-state index in [1.807, 2.05) is 7.05 Å². The summed E-state index contributed by atoms with van der Waals surface area (Å²) in [6.45, 7) is 0. The zero-order chi connectivity index (χ0) is 6.69. The van der Waals surface area contributed by atoms with Gasteiger partial charge in [-0.3, -0.25) is 0 Å². The third-order valence-corrected chi connectivity index (χ3v) is 2.13. The molecular formula is C7H15NO. The minimum atomic E-state index is 0.468. The van der Waals surface area contributed by atoms with E-state index in [4.69, 9.17) is 4.74 Å². The summed E-state index contributed by atoms with van der Waals surface area (Å²) in [4.78, 5) is 0. The molecule has 0 aromatic carbocycles. The Morgan fingerprint density at radius 2 is 2.22 bits per heavy atom. The van der Waals surface area contributed by atoms with Crippen LogP contribution in [0.25, 0.3) is 0 Å². The standard InChI is InChI=1S/C7H15NO/c1-8-6-4-3-5-7(6)9-2/h6-8H,3-5H2,1-2H3. The van der Waals surface area contributed by atoms with Gasteiger partial charge in [-0.05, 0) is 26.3 Å². The minimum Gasteiger partial charge on any atom is -0.380 e. The van der Waals surface area contributed by atoms with Crippen LogP contribution in [0, 0.1) is 0 Å². The van der Waals surface area contributed by atoms with Gasteiger partial charge < -0.3 is 10.1 Å². The maximum absolute atomic E-state index is 5.25. The predicted molar refractivity (Wildman–Crippen MR) is 37.5 cm³/mol. The third-order valence-electron chi connectivity index (χ3n) is 2.13. The Morgan fingerprint density at radius 1 is 1.44 bits per heavy atom. The lowest BCUT2D eigenvalue weighted by molar-refractivity contribution is 0.0876. The van der Waals surface area contributed by atoms with Crippen molar-refractivity contribution in [2.75, 3.05) is 14.2 Å². The molecule has 1 N–H and O–H groups in total. The van der Waals surface area contributed by atoms with Gasteiger partial charge in [0, 0.05) is 13.2 Å². The van der Waals surface area contributed by atoms with E-state index in [-0.39, 0.29) is 0 Å². The molecule has 1 aliphatic carbocycles. The van der Waals surface area contributed by atoms with Crippen molar-refractivity contribution in [2.45, 2.75) is 31.4 Å². The molecule has 2 atom stereocenters. The smallest absolute Gasteiger partial charge is 0.0724 e. The van der Waals surface area contributed by atoms with Crippen LogP contribution < -0.4 is 5.32 Å². The molecule has 0 amide bonds. The first-order chi connectivity index (χ1) is 4.38. The molecule has 1 saturated carbocycles. The number of hydrogen-bond acceptors (Lipinski definition) is 2. The Bertz CT molecular complexity index is 75.0. The van der Waals surface area contributed by atoms with Crippen LogP contribution in [0.4, 0.5) is 0 Å². The van der Waals surface area contributed by atoms with Gasteiger partial charge in [-0.25, -0.2) is 0 Å². The summed E-state index contributed by atoms with van der Waals surface area (Å²) in [7, 11) is 3.79. The summed E-state index contributed by atoms with van der Waals surface area (Å²) < 4.78 is 5.25. The summed E-state index contributed by atoms with van der Waals surface area (Å²) >= 11 is 0. The van der Waals surface area contributed by atoms with Crippen molar-refractivity contribution in [3.63, 3.8) is 0 Å². The van der Waals surface area contributed by atoms with Crippen LogP contribution in [0.2, 0.25) is 0 Å². The highest BCUT2D eigenvalue weighted by atomic mass is 16.5. The van der Waals surface area contributed by atoms with Crippen molar-refractivity contribution in [3.8, 4) is 0 Å². The molecule has 0 bridgehead atoms. The fourth-order valence-electron chi connectivity index (χ4n) is 1.54. The normalized spacial score (nSPS) is 35.3. The molecule has 0 saturated heterocycles. The van der Waals surface area contributed by atoms with E-state index in [2.05, 4.69) is 5.32 Å². The van der Waals surface area contributed by atoms with Crippen LogP contribution in [0.5, 0.6) is 0 Å². The van der Waals surface area contributed by atoms with Gasteiger partial charge in [0.05, 0.1) is 6.10 Å². The summed E-state index contributed by atoms with van der Waals surface area (Å²) in [5.74, 6) is 0. The second kappa shape index (κ2) is 3.18. The number of hydrogen-bond donors (Lipinski definition) is 1. The molecule has 2 nitrogen and oxygen atoms in total. The fourth-order valence-corrected chi connectivity index (χ4v) is 1.54. The molecule has 9 heavy (non-hydrogen) atoms. The minimum absolute atomic E-state index is 0.468. The van der Waals surface area contributed by atoms with Crippen molar-refractivity contribution in [3.05, 3.63) is 0 Å². The highest BCUT2D eigenvalue weighted by molar-refractivity contribution is 4.82. The van der Waals surface area contributed by atoms with E-state index in [1.165, 1.54) is 19.3 Å². The Labute approximate surface area is 56.6 Å². The molecule has 0 aromatic rings. The Kier molecular flexibility index (Phi) is 2.49. The molecule has 0 spiro atoms. The van der Waals surface area contributed by atoms with Crippen molar-refractivity contribution in [1.29, 1.82) is 0 Å². The van der Waals surface area contributed by atoms with Crippen molar-refractivity contribution >= 4 is 0 Å². The van der Waals surface area contributed by atoms with Crippen molar-refractivity contribution < 1.29 is 4.74 Å². The fraction of sp³-hybridized carbons (Fsp3) is 1.00. The molecular weight excluding hydrogens is 114 g/mol. The van der Waals surface area contributed by atoms with Gasteiger partial charge >= 0.3 is 0 Å². The first-order valence-electron chi connectivity index (χ1n) is 3.58. The molecule has 0 radical (unpaired) electrons. The highest BCUT2D eigenvalue weighted by Crippen LogP contribution is 2.20. The van der Waals surface area contributed by atoms with E-state index >= 15 is 0 Å². The van der Waals surface area contributed by atoms with Gasteiger partial charge in [-0.15, -0.1) is 0 Å². The average molecular weight is 129 g/mol. The second-order valence-corrected chi connectivity index (χ2v) is 2.60. The van der Waals surface area contributed by atoms with Crippen molar-refractivity contribution in [2.24, 2.45) is 0 Å². The lowest BCUT2D eigenvalue weighted by atomic mass is 10.2. The molecule has 0 aromatic heterocycles. The lowest BCUT2D eigenvalue weighted by Crippen LogP contribution is -2.33. The van der Waals surface area contributed by atoms with E-state index in [0.29, 0.717) is 12.1 Å². The van der Waals surface area contributed by atoms with E-state index in [1.54, 1.807) is 7.11 Å². The highest BCUT2D eigenvalue weighted by Gasteiger charge is 2.24. The zero-order valence-corrected chi connectivity index (χ0v) is 6.18. The maximum Gasteiger partial charge on any atom is 0.0724 e. The Balaban J connectivity index is 2.32. The molecule has 0 heterocycles. The zero-order valence-electron chi connectivity index (χ0n) is 6.18. The number of ether oxygens (including phenoxy) is 1. The molecule has 1 fully saturated rings. The number of likely N-dealkylation sites (N-methyl/N-ethyl adjacent to an activating group) is 1. The van der Waals surface area contributed by atoms with E-state index in [0.717, 1.165) is 0 Å². The third kappa shape index (κ3) is 1.43. The van der Waals surface area contributed by atoms with Crippen LogP contribution in [0.1, 0.15) is 19.3 Å². The number of nitrogens with one attached hydrogen (secondary N) is 1. The molecule has 0 aliphatic heterocycles. The number of rotatable bonds is 2. The molecule has 54 valence electrons. The molecule has 2 unspecified atom stereocenters. The maximum atomic E-state index is 5.25. The van der Waals surface area contributed by atoms with Crippen LogP contribution in [0.3, 0.4) is 0 Å². The Hall–Kier alpha value is -0.0800. The van der Waals surface area contributed by atoms with Gasteiger partial charge in [-0.2, -0.15) is 0 Å². The molecule has 1 aliphatic rings. The van der Waals surface area contributed by atoms with Crippen LogP contribution in [-0.2, 0) is 4.74 Å². The Morgan fingerprint density at radius 3 is 2.67 bits per heavy atom. The number of methoxy groups -OCH3 is 1. The summed E-state index contributed by atoms with van der Waals surface area (Å²) in [5, 5.41) is 3.24. The van der Waals surface area contributed by atoms with Gasteiger partial charge in [0.2, 0.25) is 0 Å². The van der Waals surface area contributed by atoms with Gasteiger partial charge in [0.15, 0.2) is 0 Å². The quantitative estimate of drug-likeness (QED) is 0.594. The SMILES string of the molecule is CNC1CCCC1OC. The molecule has 1 rings (SSSR count). The lowest BCUT2D eigenvalue weighted by Gasteiger charge is -2.16. The largest absolute Gasteiger partial charge is 0.380 e. The van der Waals surface area contributed by atoms with Crippen LogP contribution in [-0.4, -0.2) is 26.3 Å².